The molecule has 136 valence electrons. The van der Waals surface area contributed by atoms with Crippen LogP contribution in [0, 0.1) is 0 Å². The maximum Gasteiger partial charge on any atom is 0.267 e. The monoisotopic (exact) mass is 372 g/mol. The Kier molecular flexibility index (Phi) is 7.86. The number of hydrogen-bond donors (Lipinski definition) is 2. The van der Waals surface area contributed by atoms with E-state index in [9.17, 15) is 9.59 Å². The zero-order chi connectivity index (χ0) is 18.8. The van der Waals surface area contributed by atoms with Crippen LogP contribution in [0.15, 0.2) is 60.3 Å². The van der Waals surface area contributed by atoms with Gasteiger partial charge in [-0.15, -0.1) is 0 Å². The minimum Gasteiger partial charge on any atom is -0.385 e. The number of amides is 2. The summed E-state index contributed by atoms with van der Waals surface area (Å²) in [6.07, 6.45) is 2.30. The first kappa shape index (κ1) is 19.7. The van der Waals surface area contributed by atoms with E-state index in [2.05, 4.69) is 10.6 Å². The van der Waals surface area contributed by atoms with Crippen molar-refractivity contribution in [2.24, 2.45) is 0 Å². The highest BCUT2D eigenvalue weighted by Crippen LogP contribution is 2.12. The quantitative estimate of drug-likeness (QED) is 0.552. The van der Waals surface area contributed by atoms with Crippen LogP contribution >= 0.6 is 11.6 Å². The summed E-state index contributed by atoms with van der Waals surface area (Å²) >= 11 is 5.89. The van der Waals surface area contributed by atoms with E-state index in [1.54, 1.807) is 61.7 Å². The number of carbonyl (C=O) groups excluding carboxylic acids is 2. The third-order valence-electron chi connectivity index (χ3n) is 3.52. The number of nitrogens with one attached hydrogen (secondary N) is 2. The van der Waals surface area contributed by atoms with Crippen LogP contribution in [-0.2, 0) is 9.53 Å². The Labute approximate surface area is 158 Å². The topological polar surface area (TPSA) is 67.4 Å². The predicted octanol–water partition coefficient (Wildman–Crippen LogP) is 3.26. The van der Waals surface area contributed by atoms with Crippen LogP contribution < -0.4 is 10.6 Å². The van der Waals surface area contributed by atoms with Crippen molar-refractivity contribution in [2.45, 2.75) is 6.42 Å². The lowest BCUT2D eigenvalue weighted by molar-refractivity contribution is -0.117. The zero-order valence-electron chi connectivity index (χ0n) is 14.5. The summed E-state index contributed by atoms with van der Waals surface area (Å²) in [5, 5.41) is 6.06. The molecule has 0 saturated carbocycles. The minimum atomic E-state index is -0.361. The first-order chi connectivity index (χ1) is 12.6. The van der Waals surface area contributed by atoms with Gasteiger partial charge in [0.05, 0.1) is 0 Å². The summed E-state index contributed by atoms with van der Waals surface area (Å²) < 4.78 is 4.97. The van der Waals surface area contributed by atoms with Crippen LogP contribution in [0.25, 0.3) is 6.08 Å². The molecule has 2 rings (SSSR count). The largest absolute Gasteiger partial charge is 0.385 e. The van der Waals surface area contributed by atoms with E-state index in [1.807, 2.05) is 6.07 Å². The van der Waals surface area contributed by atoms with Gasteiger partial charge in [-0.1, -0.05) is 41.9 Å². The average molecular weight is 373 g/mol. The van der Waals surface area contributed by atoms with Gasteiger partial charge in [-0.2, -0.15) is 0 Å². The SMILES string of the molecule is COCCCNC(=O)C(=Cc1ccc(Cl)cc1)NC(=O)c1ccccc1. The fourth-order valence-corrected chi connectivity index (χ4v) is 2.31. The Balaban J connectivity index is 2.16. The number of benzene rings is 2. The van der Waals surface area contributed by atoms with Crippen molar-refractivity contribution in [2.75, 3.05) is 20.3 Å². The van der Waals surface area contributed by atoms with Crippen LogP contribution in [0.3, 0.4) is 0 Å². The summed E-state index contributed by atoms with van der Waals surface area (Å²) in [5.74, 6) is -0.710. The Morgan fingerprint density at radius 1 is 1.08 bits per heavy atom. The summed E-state index contributed by atoms with van der Waals surface area (Å²) in [4.78, 5) is 24.9. The molecule has 0 aromatic heterocycles. The molecular weight excluding hydrogens is 352 g/mol. The smallest absolute Gasteiger partial charge is 0.267 e. The molecule has 0 heterocycles. The van der Waals surface area contributed by atoms with Crippen molar-refractivity contribution in [1.29, 1.82) is 0 Å². The van der Waals surface area contributed by atoms with Crippen molar-refractivity contribution < 1.29 is 14.3 Å². The third-order valence-corrected chi connectivity index (χ3v) is 3.77. The molecule has 6 heteroatoms. The van der Waals surface area contributed by atoms with Gasteiger partial charge in [0.15, 0.2) is 0 Å². The first-order valence-corrected chi connectivity index (χ1v) is 8.59. The number of hydrogen-bond acceptors (Lipinski definition) is 3. The van der Waals surface area contributed by atoms with Crippen molar-refractivity contribution in [3.05, 3.63) is 76.4 Å². The molecule has 0 radical (unpaired) electrons. The van der Waals surface area contributed by atoms with Crippen molar-refractivity contribution in [3.8, 4) is 0 Å². The number of ether oxygens (including phenoxy) is 1. The molecule has 0 bridgehead atoms. The molecule has 26 heavy (non-hydrogen) atoms. The van der Waals surface area contributed by atoms with E-state index < -0.39 is 0 Å². The summed E-state index contributed by atoms with van der Waals surface area (Å²) in [6, 6.07) is 15.7. The molecule has 0 aliphatic heterocycles. The summed E-state index contributed by atoms with van der Waals surface area (Å²) in [7, 11) is 1.60. The average Bonchev–Trinajstić information content (AvgIpc) is 2.67. The second kappa shape index (κ2) is 10.4. The molecule has 0 aliphatic rings. The standard InChI is InChI=1S/C20H21ClN2O3/c1-26-13-5-12-22-20(25)18(14-15-8-10-17(21)11-9-15)23-19(24)16-6-3-2-4-7-16/h2-4,6-11,14H,5,12-13H2,1H3,(H,22,25)(H,23,24). The van der Waals surface area contributed by atoms with E-state index in [1.165, 1.54) is 0 Å². The highest BCUT2D eigenvalue weighted by atomic mass is 35.5. The Morgan fingerprint density at radius 3 is 2.42 bits per heavy atom. The van der Waals surface area contributed by atoms with E-state index in [0.29, 0.717) is 30.2 Å². The molecule has 2 amide bonds. The van der Waals surface area contributed by atoms with Gasteiger partial charge in [-0.05, 0) is 42.3 Å². The minimum absolute atomic E-state index is 0.165. The van der Waals surface area contributed by atoms with Gasteiger partial charge >= 0.3 is 0 Å². The molecule has 0 unspecified atom stereocenters. The molecule has 0 aliphatic carbocycles. The highest BCUT2D eigenvalue weighted by Gasteiger charge is 2.14. The lowest BCUT2D eigenvalue weighted by atomic mass is 10.1. The van der Waals surface area contributed by atoms with Crippen molar-refractivity contribution in [3.63, 3.8) is 0 Å². The van der Waals surface area contributed by atoms with Gasteiger partial charge in [0.2, 0.25) is 0 Å². The second-order valence-corrected chi connectivity index (χ2v) is 5.97. The lowest BCUT2D eigenvalue weighted by Crippen LogP contribution is -2.35. The predicted molar refractivity (Wildman–Crippen MR) is 103 cm³/mol. The Hall–Kier alpha value is -2.63. The maximum atomic E-state index is 12.5. The van der Waals surface area contributed by atoms with Gasteiger partial charge in [0, 0.05) is 30.8 Å². The molecule has 0 spiro atoms. The van der Waals surface area contributed by atoms with Crippen LogP contribution in [0.4, 0.5) is 0 Å². The number of rotatable bonds is 8. The summed E-state index contributed by atoms with van der Waals surface area (Å²) in [6.45, 7) is 0.999. The molecule has 2 aromatic carbocycles. The van der Waals surface area contributed by atoms with Crippen LogP contribution in [0.1, 0.15) is 22.3 Å². The summed E-state index contributed by atoms with van der Waals surface area (Å²) in [5.41, 5.74) is 1.39. The zero-order valence-corrected chi connectivity index (χ0v) is 15.3. The van der Waals surface area contributed by atoms with Crippen LogP contribution in [-0.4, -0.2) is 32.1 Å². The van der Waals surface area contributed by atoms with Gasteiger partial charge < -0.3 is 15.4 Å². The Morgan fingerprint density at radius 2 is 1.77 bits per heavy atom. The molecule has 0 saturated heterocycles. The molecular formula is C20H21ClN2O3. The molecule has 2 N–H and O–H groups in total. The fraction of sp³-hybridized carbons (Fsp3) is 0.200. The lowest BCUT2D eigenvalue weighted by Gasteiger charge is -2.11. The van der Waals surface area contributed by atoms with Gasteiger partial charge in [-0.25, -0.2) is 0 Å². The first-order valence-electron chi connectivity index (χ1n) is 8.21. The van der Waals surface area contributed by atoms with Crippen LogP contribution in [0.2, 0.25) is 5.02 Å². The fourth-order valence-electron chi connectivity index (χ4n) is 2.18. The van der Waals surface area contributed by atoms with Gasteiger partial charge in [-0.3, -0.25) is 9.59 Å². The van der Waals surface area contributed by atoms with E-state index in [0.717, 1.165) is 5.56 Å². The van der Waals surface area contributed by atoms with Gasteiger partial charge in [0.1, 0.15) is 5.70 Å². The second-order valence-electron chi connectivity index (χ2n) is 5.53. The van der Waals surface area contributed by atoms with Crippen molar-refractivity contribution >= 4 is 29.5 Å². The molecule has 2 aromatic rings. The van der Waals surface area contributed by atoms with Crippen molar-refractivity contribution in [1.82, 2.24) is 10.6 Å². The van der Waals surface area contributed by atoms with E-state index >= 15 is 0 Å². The molecule has 0 fully saturated rings. The Bertz CT molecular complexity index is 758. The number of carbonyl (C=O) groups is 2. The normalized spacial score (nSPS) is 11.1. The van der Waals surface area contributed by atoms with E-state index in [-0.39, 0.29) is 17.5 Å². The number of halogens is 1. The molecule has 5 nitrogen and oxygen atoms in total. The van der Waals surface area contributed by atoms with E-state index in [4.69, 9.17) is 16.3 Å². The highest BCUT2D eigenvalue weighted by molar-refractivity contribution is 6.30. The third kappa shape index (κ3) is 6.35. The number of methoxy groups -OCH3 is 1. The molecule has 0 atom stereocenters. The van der Waals surface area contributed by atoms with Gasteiger partial charge in [0.25, 0.3) is 11.8 Å². The van der Waals surface area contributed by atoms with Crippen LogP contribution in [0.5, 0.6) is 0 Å². The maximum absolute atomic E-state index is 12.5.